The van der Waals surface area contributed by atoms with E-state index in [4.69, 9.17) is 4.74 Å². The second-order valence-electron chi connectivity index (χ2n) is 5.37. The van der Waals surface area contributed by atoms with E-state index in [1.807, 2.05) is 0 Å². The molecule has 0 aromatic heterocycles. The maximum atomic E-state index is 12.3. The summed E-state index contributed by atoms with van der Waals surface area (Å²) in [5.74, 6) is -0.575. The highest BCUT2D eigenvalue weighted by Gasteiger charge is 2.18. The van der Waals surface area contributed by atoms with E-state index in [0.29, 0.717) is 11.3 Å². The van der Waals surface area contributed by atoms with Crippen LogP contribution >= 0.6 is 0 Å². The average Bonchev–Trinajstić information content (AvgIpc) is 2.60. The Kier molecular flexibility index (Phi) is 5.33. The Balaban J connectivity index is 2.18. The number of methoxy groups -OCH3 is 1. The summed E-state index contributed by atoms with van der Waals surface area (Å²) in [5.41, 5.74) is 0.796. The van der Waals surface area contributed by atoms with Crippen LogP contribution in [0.25, 0.3) is 0 Å². The van der Waals surface area contributed by atoms with Crippen molar-refractivity contribution in [1.82, 2.24) is 4.90 Å². The van der Waals surface area contributed by atoms with Crippen molar-refractivity contribution in [3.8, 4) is 5.75 Å². The maximum Gasteiger partial charge on any atom is 0.311 e. The standard InChI is InChI=1S/C17H17N3O5/c1-19(2)17(22)11-4-7-13(8-5-11)18-16(21)12-6-9-15(25-3)14(10-12)20(23)24/h4-10H,1-3H3,(H,18,21). The van der Waals surface area contributed by atoms with E-state index in [1.165, 1.54) is 24.1 Å². The first-order valence-corrected chi connectivity index (χ1v) is 7.29. The van der Waals surface area contributed by atoms with E-state index in [0.717, 1.165) is 6.07 Å². The number of anilines is 1. The molecule has 2 aromatic rings. The molecule has 1 N–H and O–H groups in total. The first kappa shape index (κ1) is 17.9. The van der Waals surface area contributed by atoms with Crippen LogP contribution in [0.1, 0.15) is 20.7 Å². The smallest absolute Gasteiger partial charge is 0.311 e. The van der Waals surface area contributed by atoms with Crippen LogP contribution in [-0.2, 0) is 0 Å². The van der Waals surface area contributed by atoms with Gasteiger partial charge in [-0.2, -0.15) is 0 Å². The Morgan fingerprint density at radius 1 is 1.08 bits per heavy atom. The quantitative estimate of drug-likeness (QED) is 0.664. The van der Waals surface area contributed by atoms with Gasteiger partial charge in [-0.3, -0.25) is 19.7 Å². The highest BCUT2D eigenvalue weighted by atomic mass is 16.6. The van der Waals surface area contributed by atoms with E-state index in [1.54, 1.807) is 38.4 Å². The van der Waals surface area contributed by atoms with Gasteiger partial charge in [0, 0.05) is 37.0 Å². The third kappa shape index (κ3) is 4.11. The second-order valence-corrected chi connectivity index (χ2v) is 5.37. The van der Waals surface area contributed by atoms with E-state index in [-0.39, 0.29) is 22.9 Å². The SMILES string of the molecule is COc1ccc(C(=O)Nc2ccc(C(=O)N(C)C)cc2)cc1[N+](=O)[O-]. The molecule has 0 saturated heterocycles. The van der Waals surface area contributed by atoms with Gasteiger partial charge in [-0.15, -0.1) is 0 Å². The molecule has 130 valence electrons. The van der Waals surface area contributed by atoms with Crippen molar-refractivity contribution >= 4 is 23.2 Å². The normalized spacial score (nSPS) is 10.0. The van der Waals surface area contributed by atoms with Crippen LogP contribution in [0.4, 0.5) is 11.4 Å². The summed E-state index contributed by atoms with van der Waals surface area (Å²) < 4.78 is 4.91. The zero-order valence-electron chi connectivity index (χ0n) is 14.0. The molecule has 0 fully saturated rings. The first-order valence-electron chi connectivity index (χ1n) is 7.29. The first-order chi connectivity index (χ1) is 11.8. The largest absolute Gasteiger partial charge is 0.490 e. The van der Waals surface area contributed by atoms with Gasteiger partial charge in [0.05, 0.1) is 12.0 Å². The molecule has 0 radical (unpaired) electrons. The Bertz CT molecular complexity index is 816. The zero-order chi connectivity index (χ0) is 18.6. The van der Waals surface area contributed by atoms with Crippen molar-refractivity contribution in [2.75, 3.05) is 26.5 Å². The highest BCUT2D eigenvalue weighted by Crippen LogP contribution is 2.27. The number of nitrogens with zero attached hydrogens (tertiary/aromatic N) is 2. The maximum absolute atomic E-state index is 12.3. The average molecular weight is 343 g/mol. The number of benzene rings is 2. The molecule has 0 heterocycles. The van der Waals surface area contributed by atoms with Crippen LogP contribution in [-0.4, -0.2) is 42.8 Å². The van der Waals surface area contributed by atoms with Crippen LogP contribution in [0.3, 0.4) is 0 Å². The molecule has 0 aliphatic rings. The van der Waals surface area contributed by atoms with E-state index < -0.39 is 10.8 Å². The Hall–Kier alpha value is -3.42. The number of ether oxygens (including phenoxy) is 1. The van der Waals surface area contributed by atoms with Crippen molar-refractivity contribution < 1.29 is 19.2 Å². The molecule has 0 aliphatic heterocycles. The third-order valence-electron chi connectivity index (χ3n) is 3.43. The number of amides is 2. The molecule has 0 unspecified atom stereocenters. The fraction of sp³-hybridized carbons (Fsp3) is 0.176. The van der Waals surface area contributed by atoms with Gasteiger partial charge >= 0.3 is 5.69 Å². The minimum atomic E-state index is -0.614. The Morgan fingerprint density at radius 3 is 2.20 bits per heavy atom. The highest BCUT2D eigenvalue weighted by molar-refractivity contribution is 6.05. The Labute approximate surface area is 144 Å². The van der Waals surface area contributed by atoms with Crippen molar-refractivity contribution in [2.45, 2.75) is 0 Å². The lowest BCUT2D eigenvalue weighted by molar-refractivity contribution is -0.385. The number of rotatable bonds is 5. The summed E-state index contributed by atoms with van der Waals surface area (Å²) >= 11 is 0. The molecular weight excluding hydrogens is 326 g/mol. The molecule has 0 saturated carbocycles. The monoisotopic (exact) mass is 343 g/mol. The molecule has 0 aliphatic carbocycles. The van der Waals surface area contributed by atoms with Crippen molar-refractivity contribution in [3.63, 3.8) is 0 Å². The Morgan fingerprint density at radius 2 is 1.68 bits per heavy atom. The van der Waals surface area contributed by atoms with Gasteiger partial charge in [-0.1, -0.05) is 0 Å². The van der Waals surface area contributed by atoms with Gasteiger partial charge in [0.15, 0.2) is 5.75 Å². The zero-order valence-corrected chi connectivity index (χ0v) is 14.0. The molecular formula is C17H17N3O5. The van der Waals surface area contributed by atoms with E-state index in [9.17, 15) is 19.7 Å². The summed E-state index contributed by atoms with van der Waals surface area (Å²) in [6.45, 7) is 0. The number of nitrogens with one attached hydrogen (secondary N) is 1. The molecule has 2 rings (SSSR count). The second kappa shape index (κ2) is 7.43. The fourth-order valence-corrected chi connectivity index (χ4v) is 2.13. The topological polar surface area (TPSA) is 102 Å². The van der Waals surface area contributed by atoms with Crippen LogP contribution in [0.5, 0.6) is 5.75 Å². The molecule has 0 spiro atoms. The van der Waals surface area contributed by atoms with Crippen molar-refractivity contribution in [3.05, 3.63) is 63.7 Å². The summed E-state index contributed by atoms with van der Waals surface area (Å²) in [6.07, 6.45) is 0. The number of hydrogen-bond acceptors (Lipinski definition) is 5. The molecule has 2 aromatic carbocycles. The predicted octanol–water partition coefficient (Wildman–Crippen LogP) is 2.56. The lowest BCUT2D eigenvalue weighted by Crippen LogP contribution is -2.21. The van der Waals surface area contributed by atoms with Crippen LogP contribution < -0.4 is 10.1 Å². The number of nitro benzene ring substituents is 1. The summed E-state index contributed by atoms with van der Waals surface area (Å²) in [7, 11) is 4.61. The molecule has 8 nitrogen and oxygen atoms in total. The third-order valence-corrected chi connectivity index (χ3v) is 3.43. The van der Waals surface area contributed by atoms with Gasteiger partial charge in [-0.25, -0.2) is 0 Å². The van der Waals surface area contributed by atoms with Crippen LogP contribution in [0, 0.1) is 10.1 Å². The molecule has 25 heavy (non-hydrogen) atoms. The van der Waals surface area contributed by atoms with Gasteiger partial charge in [0.2, 0.25) is 0 Å². The lowest BCUT2D eigenvalue weighted by atomic mass is 10.1. The minimum Gasteiger partial charge on any atom is -0.490 e. The fourth-order valence-electron chi connectivity index (χ4n) is 2.13. The van der Waals surface area contributed by atoms with Gasteiger partial charge in [-0.05, 0) is 36.4 Å². The van der Waals surface area contributed by atoms with E-state index >= 15 is 0 Å². The van der Waals surface area contributed by atoms with Gasteiger partial charge in [0.1, 0.15) is 0 Å². The number of carbonyl (C=O) groups is 2. The molecule has 0 bridgehead atoms. The summed E-state index contributed by atoms with van der Waals surface area (Å²) in [4.78, 5) is 36.0. The summed E-state index contributed by atoms with van der Waals surface area (Å²) in [5, 5.41) is 13.7. The van der Waals surface area contributed by atoms with Crippen LogP contribution in [0.2, 0.25) is 0 Å². The van der Waals surface area contributed by atoms with Gasteiger partial charge in [0.25, 0.3) is 11.8 Å². The predicted molar refractivity (Wildman–Crippen MR) is 92.1 cm³/mol. The van der Waals surface area contributed by atoms with Crippen molar-refractivity contribution in [2.24, 2.45) is 0 Å². The number of hydrogen-bond donors (Lipinski definition) is 1. The van der Waals surface area contributed by atoms with Gasteiger partial charge < -0.3 is 15.0 Å². The molecule has 0 atom stereocenters. The number of nitro groups is 1. The minimum absolute atomic E-state index is 0.0769. The van der Waals surface area contributed by atoms with Crippen LogP contribution in [0.15, 0.2) is 42.5 Å². The molecule has 8 heteroatoms. The van der Waals surface area contributed by atoms with Crippen molar-refractivity contribution in [1.29, 1.82) is 0 Å². The summed E-state index contributed by atoms with van der Waals surface area (Å²) in [6, 6.07) is 10.3. The molecule has 2 amide bonds. The lowest BCUT2D eigenvalue weighted by Gasteiger charge is -2.11. The number of carbonyl (C=O) groups excluding carboxylic acids is 2. The van der Waals surface area contributed by atoms with E-state index in [2.05, 4.69) is 5.32 Å².